The van der Waals surface area contributed by atoms with E-state index in [1.54, 1.807) is 18.2 Å². The van der Waals surface area contributed by atoms with Crippen LogP contribution in [0.5, 0.6) is 0 Å². The number of nitrogens with zero attached hydrogens (tertiary/aromatic N) is 1. The normalized spacial score (nSPS) is 11.7. The molecule has 0 aliphatic rings. The molecular weight excluding hydrogens is 408 g/mol. The fourth-order valence-corrected chi connectivity index (χ4v) is 3.35. The minimum absolute atomic E-state index is 0.163. The van der Waals surface area contributed by atoms with E-state index in [1.807, 2.05) is 43.5 Å². The van der Waals surface area contributed by atoms with E-state index in [0.717, 1.165) is 41.3 Å². The number of carbonyl (C=O) groups is 1. The molecule has 1 heterocycles. The Morgan fingerprint density at radius 1 is 1.16 bits per heavy atom. The van der Waals surface area contributed by atoms with Crippen LogP contribution in [0, 0.1) is 6.92 Å². The van der Waals surface area contributed by atoms with Crippen molar-refractivity contribution in [2.24, 2.45) is 0 Å². The van der Waals surface area contributed by atoms with Gasteiger partial charge in [-0.3, -0.25) is 4.79 Å². The Bertz CT molecular complexity index is 1100. The molecule has 0 radical (unpaired) electrons. The Hall–Kier alpha value is -3.31. The van der Waals surface area contributed by atoms with E-state index in [-0.39, 0.29) is 5.91 Å². The maximum Gasteiger partial charge on any atom is 0.255 e. The lowest BCUT2D eigenvalue weighted by atomic mass is 10.1. The van der Waals surface area contributed by atoms with Crippen LogP contribution in [0.15, 0.2) is 66.5 Å². The zero-order valence-electron chi connectivity index (χ0n) is 18.0. The Kier molecular flexibility index (Phi) is 7.68. The van der Waals surface area contributed by atoms with Crippen LogP contribution in [0.4, 0.5) is 5.69 Å². The van der Waals surface area contributed by atoms with Gasteiger partial charge in [0, 0.05) is 34.1 Å². The molecule has 0 bridgehead atoms. The van der Waals surface area contributed by atoms with Gasteiger partial charge in [-0.2, -0.15) is 0 Å². The lowest BCUT2D eigenvalue weighted by Crippen LogP contribution is -2.13. The highest BCUT2D eigenvalue weighted by molar-refractivity contribution is 6.30. The molecule has 6 heteroatoms. The molecule has 3 N–H and O–H groups in total. The van der Waals surface area contributed by atoms with E-state index in [1.165, 1.54) is 0 Å². The summed E-state index contributed by atoms with van der Waals surface area (Å²) in [5.74, 6) is 0.608. The molecule has 0 spiro atoms. The molecule has 0 aliphatic heterocycles. The van der Waals surface area contributed by atoms with Gasteiger partial charge in [0.2, 0.25) is 0 Å². The van der Waals surface area contributed by atoms with Gasteiger partial charge in [0.15, 0.2) is 0 Å². The quantitative estimate of drug-likeness (QED) is 0.369. The van der Waals surface area contributed by atoms with Crippen molar-refractivity contribution in [2.75, 3.05) is 11.9 Å². The number of aromatic amines is 1. The van der Waals surface area contributed by atoms with Crippen LogP contribution in [0.3, 0.4) is 0 Å². The number of halogens is 1. The van der Waals surface area contributed by atoms with Crippen LogP contribution in [0.1, 0.15) is 41.9 Å². The van der Waals surface area contributed by atoms with Gasteiger partial charge in [0.1, 0.15) is 5.82 Å². The molecule has 3 aromatic rings. The molecule has 0 saturated carbocycles. The summed E-state index contributed by atoms with van der Waals surface area (Å²) in [5, 5.41) is 6.88. The predicted molar refractivity (Wildman–Crippen MR) is 129 cm³/mol. The standard InChI is InChI=1S/C25H27ClN4O/c1-4-6-7-21(27-5-2)15-22-16-28-24(29-22)18-8-11-20(12-9-18)30-25(31)23-13-10-19(26)14-17(23)3/h6-16,27H,4-5H2,1-3H3,(H,28,29)(H,30,31)/b7-6-,21-15+. The summed E-state index contributed by atoms with van der Waals surface area (Å²) in [5.41, 5.74) is 5.05. The Morgan fingerprint density at radius 2 is 1.94 bits per heavy atom. The van der Waals surface area contributed by atoms with Gasteiger partial charge in [-0.05, 0) is 80.4 Å². The number of allylic oxidation sites excluding steroid dienone is 2. The Morgan fingerprint density at radius 3 is 2.61 bits per heavy atom. The number of aromatic nitrogens is 2. The van der Waals surface area contributed by atoms with Gasteiger partial charge < -0.3 is 15.6 Å². The van der Waals surface area contributed by atoms with Gasteiger partial charge >= 0.3 is 0 Å². The van der Waals surface area contributed by atoms with Crippen molar-refractivity contribution < 1.29 is 4.79 Å². The van der Waals surface area contributed by atoms with E-state index in [0.29, 0.717) is 16.3 Å². The second-order valence-corrected chi connectivity index (χ2v) is 7.55. The maximum atomic E-state index is 12.5. The topological polar surface area (TPSA) is 69.8 Å². The summed E-state index contributed by atoms with van der Waals surface area (Å²) in [6.45, 7) is 6.90. The predicted octanol–water partition coefficient (Wildman–Crippen LogP) is 6.21. The number of nitrogens with one attached hydrogen (secondary N) is 3. The van der Waals surface area contributed by atoms with Gasteiger partial charge in [0.05, 0.1) is 11.9 Å². The molecule has 1 amide bonds. The monoisotopic (exact) mass is 434 g/mol. The lowest BCUT2D eigenvalue weighted by molar-refractivity contribution is 0.102. The number of amides is 1. The number of rotatable bonds is 8. The van der Waals surface area contributed by atoms with E-state index in [4.69, 9.17) is 11.6 Å². The second-order valence-electron chi connectivity index (χ2n) is 7.12. The van der Waals surface area contributed by atoms with Crippen molar-refractivity contribution in [1.82, 2.24) is 15.3 Å². The van der Waals surface area contributed by atoms with E-state index < -0.39 is 0 Å². The average Bonchev–Trinajstić information content (AvgIpc) is 3.21. The second kappa shape index (κ2) is 10.6. The zero-order valence-corrected chi connectivity index (χ0v) is 18.8. The molecule has 1 aromatic heterocycles. The minimum atomic E-state index is -0.163. The largest absolute Gasteiger partial charge is 0.385 e. The fraction of sp³-hybridized carbons (Fsp3) is 0.200. The SMILES string of the molecule is CC/C=C\C(=C/c1cnc(-c2ccc(NC(=O)c3ccc(Cl)cc3C)cc2)[nH]1)NCC. The van der Waals surface area contributed by atoms with Crippen molar-refractivity contribution in [3.63, 3.8) is 0 Å². The Balaban J connectivity index is 1.72. The van der Waals surface area contributed by atoms with Gasteiger partial charge in [0.25, 0.3) is 5.91 Å². The number of benzene rings is 2. The summed E-state index contributed by atoms with van der Waals surface area (Å²) in [4.78, 5) is 20.4. The molecule has 5 nitrogen and oxygen atoms in total. The third-order valence-corrected chi connectivity index (χ3v) is 4.90. The van der Waals surface area contributed by atoms with Crippen molar-refractivity contribution in [2.45, 2.75) is 27.2 Å². The van der Waals surface area contributed by atoms with E-state index in [9.17, 15) is 4.79 Å². The van der Waals surface area contributed by atoms with Crippen molar-refractivity contribution in [3.05, 3.63) is 88.4 Å². The highest BCUT2D eigenvalue weighted by Gasteiger charge is 2.10. The number of carbonyl (C=O) groups excluding carboxylic acids is 1. The molecule has 0 aliphatic carbocycles. The summed E-state index contributed by atoms with van der Waals surface area (Å²) in [6, 6.07) is 12.8. The molecular formula is C25H27ClN4O. The van der Waals surface area contributed by atoms with Crippen LogP contribution in [-0.2, 0) is 0 Å². The first kappa shape index (κ1) is 22.4. The molecule has 0 saturated heterocycles. The highest BCUT2D eigenvalue weighted by Crippen LogP contribution is 2.21. The summed E-state index contributed by atoms with van der Waals surface area (Å²) in [7, 11) is 0. The number of aryl methyl sites for hydroxylation is 1. The van der Waals surface area contributed by atoms with Crippen LogP contribution < -0.4 is 10.6 Å². The Labute approximate surface area is 188 Å². The van der Waals surface area contributed by atoms with Crippen molar-refractivity contribution in [3.8, 4) is 11.4 Å². The van der Waals surface area contributed by atoms with Crippen molar-refractivity contribution in [1.29, 1.82) is 0 Å². The van der Waals surface area contributed by atoms with E-state index in [2.05, 4.69) is 46.6 Å². The van der Waals surface area contributed by atoms with Gasteiger partial charge in [-0.25, -0.2) is 4.98 Å². The molecule has 0 fully saturated rings. The number of imidazole rings is 1. The zero-order chi connectivity index (χ0) is 22.2. The molecule has 0 atom stereocenters. The molecule has 0 unspecified atom stereocenters. The molecule has 2 aromatic carbocycles. The van der Waals surface area contributed by atoms with Crippen LogP contribution in [0.2, 0.25) is 5.02 Å². The minimum Gasteiger partial charge on any atom is -0.385 e. The molecule has 3 rings (SSSR count). The number of hydrogen-bond acceptors (Lipinski definition) is 3. The van der Waals surface area contributed by atoms with Gasteiger partial charge in [-0.15, -0.1) is 0 Å². The number of hydrogen-bond donors (Lipinski definition) is 3. The summed E-state index contributed by atoms with van der Waals surface area (Å²) < 4.78 is 0. The first-order valence-electron chi connectivity index (χ1n) is 10.3. The summed E-state index contributed by atoms with van der Waals surface area (Å²) in [6.07, 6.45) is 9.02. The maximum absolute atomic E-state index is 12.5. The van der Waals surface area contributed by atoms with Crippen LogP contribution in [-0.4, -0.2) is 22.4 Å². The fourth-order valence-electron chi connectivity index (χ4n) is 3.12. The third-order valence-electron chi connectivity index (χ3n) is 4.67. The summed E-state index contributed by atoms with van der Waals surface area (Å²) >= 11 is 5.97. The first-order valence-corrected chi connectivity index (χ1v) is 10.7. The molecule has 31 heavy (non-hydrogen) atoms. The van der Waals surface area contributed by atoms with Crippen LogP contribution in [0.25, 0.3) is 17.5 Å². The number of anilines is 1. The van der Waals surface area contributed by atoms with Gasteiger partial charge in [-0.1, -0.05) is 24.6 Å². The highest BCUT2D eigenvalue weighted by atomic mass is 35.5. The number of likely N-dealkylation sites (N-methyl/N-ethyl adjacent to an activating group) is 1. The average molecular weight is 435 g/mol. The van der Waals surface area contributed by atoms with E-state index >= 15 is 0 Å². The third kappa shape index (κ3) is 6.09. The molecule has 160 valence electrons. The van der Waals surface area contributed by atoms with Crippen LogP contribution >= 0.6 is 11.6 Å². The smallest absolute Gasteiger partial charge is 0.255 e. The van der Waals surface area contributed by atoms with Crippen molar-refractivity contribution >= 4 is 29.3 Å². The lowest BCUT2D eigenvalue weighted by Gasteiger charge is -2.08. The first-order chi connectivity index (χ1) is 15.0. The number of H-pyrrole nitrogens is 1.